The standard InChI is InChI=1S/C16H10ClN5OS/c17-12-4-2-1-3-10(12)13-9-22-14(20-13)11(5-6-19-22)15(23)21-16-18-7-8-24-16/h1-9H,(H,18,21,23). The molecule has 24 heavy (non-hydrogen) atoms. The molecule has 0 saturated heterocycles. The number of fused-ring (bicyclic) bond motifs is 1. The highest BCUT2D eigenvalue weighted by Gasteiger charge is 2.16. The van der Waals surface area contributed by atoms with E-state index in [1.807, 2.05) is 18.2 Å². The first-order valence-corrected chi connectivity index (χ1v) is 8.28. The molecule has 1 amide bonds. The lowest BCUT2D eigenvalue weighted by molar-refractivity contribution is 0.102. The molecule has 0 radical (unpaired) electrons. The third kappa shape index (κ3) is 2.64. The van der Waals surface area contributed by atoms with Crippen LogP contribution in [0.2, 0.25) is 5.02 Å². The molecule has 8 heteroatoms. The first-order chi connectivity index (χ1) is 11.7. The van der Waals surface area contributed by atoms with E-state index in [2.05, 4.69) is 20.4 Å². The zero-order valence-corrected chi connectivity index (χ0v) is 13.8. The van der Waals surface area contributed by atoms with Gasteiger partial charge in [0.15, 0.2) is 10.8 Å². The normalized spacial score (nSPS) is 10.9. The molecule has 1 aromatic carbocycles. The van der Waals surface area contributed by atoms with Gasteiger partial charge in [0.05, 0.1) is 22.5 Å². The van der Waals surface area contributed by atoms with Crippen LogP contribution in [0, 0.1) is 0 Å². The Labute approximate surface area is 145 Å². The van der Waals surface area contributed by atoms with Crippen molar-refractivity contribution >= 4 is 39.6 Å². The Balaban J connectivity index is 1.78. The van der Waals surface area contributed by atoms with E-state index in [1.54, 1.807) is 40.6 Å². The summed E-state index contributed by atoms with van der Waals surface area (Å²) in [6.07, 6.45) is 4.94. The van der Waals surface area contributed by atoms with E-state index in [9.17, 15) is 4.79 Å². The van der Waals surface area contributed by atoms with Crippen molar-refractivity contribution in [3.05, 3.63) is 64.9 Å². The van der Waals surface area contributed by atoms with Crippen molar-refractivity contribution in [2.75, 3.05) is 5.32 Å². The summed E-state index contributed by atoms with van der Waals surface area (Å²) in [6, 6.07) is 9.03. The molecule has 3 aromatic heterocycles. The number of carbonyl (C=O) groups excluding carboxylic acids is 1. The van der Waals surface area contributed by atoms with Crippen LogP contribution in [0.15, 0.2) is 54.3 Å². The van der Waals surface area contributed by atoms with Crippen molar-refractivity contribution in [1.82, 2.24) is 19.6 Å². The van der Waals surface area contributed by atoms with Crippen LogP contribution in [0.3, 0.4) is 0 Å². The van der Waals surface area contributed by atoms with Gasteiger partial charge in [-0.1, -0.05) is 29.8 Å². The van der Waals surface area contributed by atoms with Crippen molar-refractivity contribution in [3.63, 3.8) is 0 Å². The molecule has 0 unspecified atom stereocenters. The Morgan fingerprint density at radius 1 is 1.21 bits per heavy atom. The van der Waals surface area contributed by atoms with Crippen LogP contribution < -0.4 is 5.32 Å². The molecular weight excluding hydrogens is 346 g/mol. The minimum Gasteiger partial charge on any atom is -0.298 e. The predicted molar refractivity (Wildman–Crippen MR) is 93.5 cm³/mol. The molecule has 4 aromatic rings. The molecule has 6 nitrogen and oxygen atoms in total. The maximum absolute atomic E-state index is 12.5. The summed E-state index contributed by atoms with van der Waals surface area (Å²) in [5, 5.41) is 9.89. The average Bonchev–Trinajstić information content (AvgIpc) is 3.23. The fraction of sp³-hybridized carbons (Fsp3) is 0. The lowest BCUT2D eigenvalue weighted by Gasteiger charge is -2.02. The highest BCUT2D eigenvalue weighted by molar-refractivity contribution is 7.13. The van der Waals surface area contributed by atoms with Gasteiger partial charge in [-0.2, -0.15) is 5.10 Å². The molecule has 0 atom stereocenters. The third-order valence-electron chi connectivity index (χ3n) is 3.41. The fourth-order valence-corrected chi connectivity index (χ4v) is 3.08. The van der Waals surface area contributed by atoms with Crippen molar-refractivity contribution in [1.29, 1.82) is 0 Å². The Morgan fingerprint density at radius 2 is 2.08 bits per heavy atom. The van der Waals surface area contributed by atoms with Crippen molar-refractivity contribution in [2.45, 2.75) is 0 Å². The molecule has 0 fully saturated rings. The smallest absolute Gasteiger partial charge is 0.261 e. The molecule has 0 bridgehead atoms. The summed E-state index contributed by atoms with van der Waals surface area (Å²) >= 11 is 7.58. The number of amides is 1. The molecular formula is C16H10ClN5OS. The van der Waals surface area contributed by atoms with Crippen molar-refractivity contribution in [2.24, 2.45) is 0 Å². The zero-order valence-electron chi connectivity index (χ0n) is 12.2. The summed E-state index contributed by atoms with van der Waals surface area (Å²) < 4.78 is 1.56. The Bertz CT molecular complexity index is 1030. The molecule has 118 valence electrons. The largest absolute Gasteiger partial charge is 0.298 e. The number of thiazole rings is 1. The number of anilines is 1. The number of imidazole rings is 1. The van der Waals surface area contributed by atoms with Gasteiger partial charge in [0.1, 0.15) is 0 Å². The van der Waals surface area contributed by atoms with Crippen LogP contribution in [-0.2, 0) is 0 Å². The highest BCUT2D eigenvalue weighted by Crippen LogP contribution is 2.27. The molecule has 0 saturated carbocycles. The second-order valence-electron chi connectivity index (χ2n) is 4.91. The van der Waals surface area contributed by atoms with Gasteiger partial charge < -0.3 is 0 Å². The molecule has 0 spiro atoms. The summed E-state index contributed by atoms with van der Waals surface area (Å²) in [7, 11) is 0. The van der Waals surface area contributed by atoms with E-state index in [0.717, 1.165) is 5.56 Å². The van der Waals surface area contributed by atoms with E-state index < -0.39 is 0 Å². The first-order valence-electron chi connectivity index (χ1n) is 7.02. The minimum absolute atomic E-state index is 0.284. The van der Waals surface area contributed by atoms with E-state index >= 15 is 0 Å². The minimum atomic E-state index is -0.284. The van der Waals surface area contributed by atoms with Gasteiger partial charge in [-0.15, -0.1) is 11.3 Å². The van der Waals surface area contributed by atoms with E-state index in [0.29, 0.717) is 27.1 Å². The van der Waals surface area contributed by atoms with Crippen LogP contribution in [0.5, 0.6) is 0 Å². The quantitative estimate of drug-likeness (QED) is 0.607. The number of carbonyl (C=O) groups is 1. The van der Waals surface area contributed by atoms with Gasteiger partial charge in [0.2, 0.25) is 0 Å². The second-order valence-corrected chi connectivity index (χ2v) is 6.21. The first kappa shape index (κ1) is 14.8. The molecule has 0 aliphatic heterocycles. The summed E-state index contributed by atoms with van der Waals surface area (Å²) in [6.45, 7) is 0. The van der Waals surface area contributed by atoms with Crippen LogP contribution in [0.25, 0.3) is 16.9 Å². The number of halogens is 1. The second kappa shape index (κ2) is 6.03. The van der Waals surface area contributed by atoms with E-state index in [1.165, 1.54) is 11.3 Å². The lowest BCUT2D eigenvalue weighted by atomic mass is 10.2. The molecule has 1 N–H and O–H groups in total. The summed E-state index contributed by atoms with van der Waals surface area (Å²) in [5.41, 5.74) is 2.32. The van der Waals surface area contributed by atoms with Crippen molar-refractivity contribution < 1.29 is 4.79 Å². The van der Waals surface area contributed by atoms with E-state index in [4.69, 9.17) is 11.6 Å². The number of hydrogen-bond donors (Lipinski definition) is 1. The van der Waals surface area contributed by atoms with Crippen LogP contribution >= 0.6 is 22.9 Å². The number of nitrogens with one attached hydrogen (secondary N) is 1. The Kier molecular flexibility index (Phi) is 3.72. The monoisotopic (exact) mass is 355 g/mol. The number of benzene rings is 1. The summed E-state index contributed by atoms with van der Waals surface area (Å²) in [5.74, 6) is -0.284. The van der Waals surface area contributed by atoms with Gasteiger partial charge in [-0.25, -0.2) is 14.5 Å². The number of rotatable bonds is 3. The van der Waals surface area contributed by atoms with Crippen LogP contribution in [0.4, 0.5) is 5.13 Å². The van der Waals surface area contributed by atoms with Gasteiger partial charge >= 0.3 is 0 Å². The van der Waals surface area contributed by atoms with Gasteiger partial charge in [-0.3, -0.25) is 10.1 Å². The molecule has 0 aliphatic carbocycles. The molecule has 0 aliphatic rings. The summed E-state index contributed by atoms with van der Waals surface area (Å²) in [4.78, 5) is 21.1. The highest BCUT2D eigenvalue weighted by atomic mass is 35.5. The maximum atomic E-state index is 12.5. The van der Waals surface area contributed by atoms with E-state index in [-0.39, 0.29) is 5.91 Å². The van der Waals surface area contributed by atoms with Gasteiger partial charge in [-0.05, 0) is 12.1 Å². The Morgan fingerprint density at radius 3 is 2.88 bits per heavy atom. The number of hydrogen-bond acceptors (Lipinski definition) is 5. The topological polar surface area (TPSA) is 72.2 Å². The molecule has 3 heterocycles. The van der Waals surface area contributed by atoms with Crippen LogP contribution in [0.1, 0.15) is 10.4 Å². The number of aromatic nitrogens is 4. The zero-order chi connectivity index (χ0) is 16.5. The fourth-order valence-electron chi connectivity index (χ4n) is 2.32. The van der Waals surface area contributed by atoms with Crippen LogP contribution in [-0.4, -0.2) is 25.5 Å². The predicted octanol–water partition coefficient (Wildman–Crippen LogP) is 3.76. The molecule has 4 rings (SSSR count). The number of nitrogens with zero attached hydrogens (tertiary/aromatic N) is 4. The van der Waals surface area contributed by atoms with Gasteiger partial charge in [0, 0.05) is 23.3 Å². The third-order valence-corrected chi connectivity index (χ3v) is 4.43. The van der Waals surface area contributed by atoms with Gasteiger partial charge in [0.25, 0.3) is 5.91 Å². The lowest BCUT2D eigenvalue weighted by Crippen LogP contribution is -2.13. The SMILES string of the molecule is O=C(Nc1nccs1)c1ccnn2cc(-c3ccccc3Cl)nc12. The maximum Gasteiger partial charge on any atom is 0.261 e. The average molecular weight is 356 g/mol. The van der Waals surface area contributed by atoms with Crippen molar-refractivity contribution in [3.8, 4) is 11.3 Å². The Hall–Kier alpha value is -2.77.